The molecule has 0 heterocycles. The van der Waals surface area contributed by atoms with E-state index in [1.807, 2.05) is 20.8 Å². The molecule has 0 bridgehead atoms. The number of benzene rings is 1. The molecule has 0 aromatic heterocycles. The predicted octanol–water partition coefficient (Wildman–Crippen LogP) is 3.20. The minimum Gasteiger partial charge on any atom is -0.352 e. The van der Waals surface area contributed by atoms with E-state index in [0.29, 0.717) is 12.1 Å². The molecule has 2 amide bonds. The molecule has 4 heteroatoms. The third kappa shape index (κ3) is 4.68. The molecule has 0 aliphatic heterocycles. The molecule has 4 nitrogen and oxygen atoms in total. The molecule has 1 aromatic rings. The van der Waals surface area contributed by atoms with Crippen LogP contribution in [0.15, 0.2) is 24.3 Å². The SMILES string of the molecule is CCCNC(=O)c1ccc(NC(=O)C(CC)CC)cc1. The first-order valence-electron chi connectivity index (χ1n) is 7.31. The average Bonchev–Trinajstić information content (AvgIpc) is 2.46. The molecule has 1 aromatic carbocycles. The lowest BCUT2D eigenvalue weighted by Gasteiger charge is -2.13. The van der Waals surface area contributed by atoms with Gasteiger partial charge in [0.2, 0.25) is 5.91 Å². The second kappa shape index (κ2) is 8.35. The van der Waals surface area contributed by atoms with Gasteiger partial charge in [0.25, 0.3) is 5.91 Å². The third-order valence-electron chi connectivity index (χ3n) is 3.31. The van der Waals surface area contributed by atoms with E-state index in [9.17, 15) is 9.59 Å². The Hall–Kier alpha value is -1.84. The van der Waals surface area contributed by atoms with Crippen LogP contribution in [0.25, 0.3) is 0 Å². The molecule has 0 unspecified atom stereocenters. The molecule has 0 fully saturated rings. The van der Waals surface area contributed by atoms with Crippen molar-refractivity contribution in [3.05, 3.63) is 29.8 Å². The summed E-state index contributed by atoms with van der Waals surface area (Å²) in [4.78, 5) is 23.7. The van der Waals surface area contributed by atoms with Crippen molar-refractivity contribution in [1.29, 1.82) is 0 Å². The minimum absolute atomic E-state index is 0.0400. The fourth-order valence-corrected chi connectivity index (χ4v) is 1.95. The van der Waals surface area contributed by atoms with Gasteiger partial charge in [-0.1, -0.05) is 20.8 Å². The summed E-state index contributed by atoms with van der Waals surface area (Å²) in [5, 5.41) is 5.70. The topological polar surface area (TPSA) is 58.2 Å². The third-order valence-corrected chi connectivity index (χ3v) is 3.31. The minimum atomic E-state index is -0.0790. The van der Waals surface area contributed by atoms with Crippen LogP contribution in [0.1, 0.15) is 50.4 Å². The molecular weight excluding hydrogens is 252 g/mol. The molecule has 0 saturated heterocycles. The summed E-state index contributed by atoms with van der Waals surface area (Å²) in [6.07, 6.45) is 2.58. The summed E-state index contributed by atoms with van der Waals surface area (Å²) >= 11 is 0. The van der Waals surface area contributed by atoms with Crippen LogP contribution in [0, 0.1) is 5.92 Å². The number of amides is 2. The largest absolute Gasteiger partial charge is 0.352 e. The summed E-state index contributed by atoms with van der Waals surface area (Å²) in [5.41, 5.74) is 1.34. The van der Waals surface area contributed by atoms with Crippen LogP contribution in [0.2, 0.25) is 0 Å². The van der Waals surface area contributed by atoms with Gasteiger partial charge in [0, 0.05) is 23.7 Å². The first-order chi connectivity index (χ1) is 9.62. The Bertz CT molecular complexity index is 436. The maximum absolute atomic E-state index is 11.9. The molecule has 0 aliphatic rings. The lowest BCUT2D eigenvalue weighted by molar-refractivity contribution is -0.120. The van der Waals surface area contributed by atoms with Gasteiger partial charge in [0.05, 0.1) is 0 Å². The second-order valence-electron chi connectivity index (χ2n) is 4.84. The second-order valence-corrected chi connectivity index (χ2v) is 4.84. The number of nitrogens with one attached hydrogen (secondary N) is 2. The Balaban J connectivity index is 2.62. The molecule has 0 spiro atoms. The van der Waals surface area contributed by atoms with Crippen molar-refractivity contribution in [2.24, 2.45) is 5.92 Å². The smallest absolute Gasteiger partial charge is 0.251 e. The maximum atomic E-state index is 11.9. The van der Waals surface area contributed by atoms with Crippen molar-refractivity contribution in [2.75, 3.05) is 11.9 Å². The van der Waals surface area contributed by atoms with E-state index in [4.69, 9.17) is 0 Å². The van der Waals surface area contributed by atoms with Crippen molar-refractivity contribution >= 4 is 17.5 Å². The van der Waals surface area contributed by atoms with E-state index in [1.165, 1.54) is 0 Å². The molecule has 1 rings (SSSR count). The van der Waals surface area contributed by atoms with Gasteiger partial charge >= 0.3 is 0 Å². The number of anilines is 1. The normalized spacial score (nSPS) is 10.4. The van der Waals surface area contributed by atoms with Crippen LogP contribution in [-0.4, -0.2) is 18.4 Å². The predicted molar refractivity (Wildman–Crippen MR) is 81.8 cm³/mol. The average molecular weight is 276 g/mol. The molecule has 20 heavy (non-hydrogen) atoms. The van der Waals surface area contributed by atoms with E-state index in [-0.39, 0.29) is 17.7 Å². The van der Waals surface area contributed by atoms with E-state index < -0.39 is 0 Å². The Labute approximate surface area is 121 Å². The first-order valence-corrected chi connectivity index (χ1v) is 7.31. The summed E-state index contributed by atoms with van der Waals surface area (Å²) in [6, 6.07) is 6.99. The van der Waals surface area contributed by atoms with Gasteiger partial charge in [-0.15, -0.1) is 0 Å². The van der Waals surface area contributed by atoms with Crippen molar-refractivity contribution in [3.8, 4) is 0 Å². The fourth-order valence-electron chi connectivity index (χ4n) is 1.95. The standard InChI is InChI=1S/C16H24N2O2/c1-4-11-17-15(19)13-7-9-14(10-8-13)18-16(20)12(5-2)6-3/h7-10,12H,4-6,11H2,1-3H3,(H,17,19)(H,18,20). The Morgan fingerprint density at radius 2 is 1.65 bits per heavy atom. The van der Waals surface area contributed by atoms with Crippen LogP contribution in [0.3, 0.4) is 0 Å². The number of carbonyl (C=O) groups excluding carboxylic acids is 2. The maximum Gasteiger partial charge on any atom is 0.251 e. The highest BCUT2D eigenvalue weighted by molar-refractivity contribution is 5.96. The van der Waals surface area contributed by atoms with Gasteiger partial charge in [-0.05, 0) is 43.5 Å². The molecule has 110 valence electrons. The molecule has 2 N–H and O–H groups in total. The quantitative estimate of drug-likeness (QED) is 0.803. The Morgan fingerprint density at radius 3 is 2.15 bits per heavy atom. The van der Waals surface area contributed by atoms with Crippen molar-refractivity contribution < 1.29 is 9.59 Å². The monoisotopic (exact) mass is 276 g/mol. The zero-order valence-electron chi connectivity index (χ0n) is 12.5. The number of hydrogen-bond donors (Lipinski definition) is 2. The molecule has 0 radical (unpaired) electrons. The molecule has 0 saturated carbocycles. The number of rotatable bonds is 7. The summed E-state index contributed by atoms with van der Waals surface area (Å²) < 4.78 is 0. The van der Waals surface area contributed by atoms with Crippen molar-refractivity contribution in [3.63, 3.8) is 0 Å². The summed E-state index contributed by atoms with van der Waals surface area (Å²) in [7, 11) is 0. The van der Waals surface area contributed by atoms with Crippen LogP contribution in [0.4, 0.5) is 5.69 Å². The number of hydrogen-bond acceptors (Lipinski definition) is 2. The summed E-state index contributed by atoms with van der Waals surface area (Å²) in [6.45, 7) is 6.70. The molecule has 0 atom stereocenters. The van der Waals surface area contributed by atoms with Gasteiger partial charge in [0.15, 0.2) is 0 Å². The van der Waals surface area contributed by atoms with Crippen LogP contribution >= 0.6 is 0 Å². The van der Waals surface area contributed by atoms with Gasteiger partial charge < -0.3 is 10.6 Å². The number of carbonyl (C=O) groups is 2. The highest BCUT2D eigenvalue weighted by atomic mass is 16.2. The van der Waals surface area contributed by atoms with Gasteiger partial charge in [-0.2, -0.15) is 0 Å². The summed E-state index contributed by atoms with van der Waals surface area (Å²) in [5.74, 6) is 0.00503. The van der Waals surface area contributed by atoms with Gasteiger partial charge in [-0.25, -0.2) is 0 Å². The van der Waals surface area contributed by atoms with E-state index in [2.05, 4.69) is 10.6 Å². The van der Waals surface area contributed by atoms with E-state index >= 15 is 0 Å². The highest BCUT2D eigenvalue weighted by Crippen LogP contribution is 2.14. The van der Waals surface area contributed by atoms with Crippen LogP contribution in [0.5, 0.6) is 0 Å². The fraction of sp³-hybridized carbons (Fsp3) is 0.500. The lowest BCUT2D eigenvalue weighted by atomic mass is 10.0. The van der Waals surface area contributed by atoms with E-state index in [0.717, 1.165) is 24.9 Å². The van der Waals surface area contributed by atoms with Crippen molar-refractivity contribution in [1.82, 2.24) is 5.32 Å². The first kappa shape index (κ1) is 16.2. The van der Waals surface area contributed by atoms with Crippen LogP contribution in [-0.2, 0) is 4.79 Å². The Morgan fingerprint density at radius 1 is 1.05 bits per heavy atom. The van der Waals surface area contributed by atoms with E-state index in [1.54, 1.807) is 24.3 Å². The van der Waals surface area contributed by atoms with Gasteiger partial charge in [0.1, 0.15) is 0 Å². The highest BCUT2D eigenvalue weighted by Gasteiger charge is 2.14. The lowest BCUT2D eigenvalue weighted by Crippen LogP contribution is -2.24. The zero-order chi connectivity index (χ0) is 15.0. The van der Waals surface area contributed by atoms with Crippen molar-refractivity contribution in [2.45, 2.75) is 40.0 Å². The molecular formula is C16H24N2O2. The molecule has 0 aliphatic carbocycles. The zero-order valence-corrected chi connectivity index (χ0v) is 12.5. The Kier molecular flexibility index (Phi) is 6.77. The van der Waals surface area contributed by atoms with Gasteiger partial charge in [-0.3, -0.25) is 9.59 Å². The van der Waals surface area contributed by atoms with Crippen LogP contribution < -0.4 is 10.6 Å².